The van der Waals surface area contributed by atoms with E-state index in [1.54, 1.807) is 6.20 Å². The van der Waals surface area contributed by atoms with Crippen LogP contribution in [0, 0.1) is 0 Å². The Morgan fingerprint density at radius 1 is 1.50 bits per heavy atom. The molecule has 6 nitrogen and oxygen atoms in total. The highest BCUT2D eigenvalue weighted by atomic mass is 15.4. The number of fused-ring (bicyclic) bond motifs is 1. The van der Waals surface area contributed by atoms with E-state index in [1.165, 1.54) is 24.1 Å². The SMILES string of the molecule is Cn1ncc2c1CCCC2NCCn1ccnn1. The molecule has 6 heteroatoms. The van der Waals surface area contributed by atoms with Gasteiger partial charge in [0.15, 0.2) is 0 Å². The fourth-order valence-corrected chi connectivity index (χ4v) is 2.62. The predicted octanol–water partition coefficient (Wildman–Crippen LogP) is 0.679. The number of aryl methyl sites for hydroxylation is 1. The van der Waals surface area contributed by atoms with Gasteiger partial charge in [-0.15, -0.1) is 5.10 Å². The third-order valence-electron chi connectivity index (χ3n) is 3.58. The van der Waals surface area contributed by atoms with Crippen LogP contribution in [0.5, 0.6) is 0 Å². The molecule has 2 aromatic rings. The molecule has 0 fully saturated rings. The fourth-order valence-electron chi connectivity index (χ4n) is 2.62. The van der Waals surface area contributed by atoms with Gasteiger partial charge >= 0.3 is 0 Å². The molecule has 0 aliphatic heterocycles. The largest absolute Gasteiger partial charge is 0.308 e. The maximum atomic E-state index is 4.36. The summed E-state index contributed by atoms with van der Waals surface area (Å²) in [6.45, 7) is 1.76. The Morgan fingerprint density at radius 2 is 2.44 bits per heavy atom. The smallest absolute Gasteiger partial charge is 0.0692 e. The lowest BCUT2D eigenvalue weighted by atomic mass is 9.93. The van der Waals surface area contributed by atoms with E-state index >= 15 is 0 Å². The van der Waals surface area contributed by atoms with Crippen molar-refractivity contribution >= 4 is 0 Å². The molecule has 0 aromatic carbocycles. The van der Waals surface area contributed by atoms with Crippen molar-refractivity contribution in [2.75, 3.05) is 6.54 Å². The van der Waals surface area contributed by atoms with E-state index in [4.69, 9.17) is 0 Å². The van der Waals surface area contributed by atoms with Crippen LogP contribution in [0.1, 0.15) is 30.1 Å². The van der Waals surface area contributed by atoms with E-state index in [0.717, 1.165) is 19.5 Å². The molecule has 1 N–H and O–H groups in total. The quantitative estimate of drug-likeness (QED) is 0.861. The Morgan fingerprint density at radius 3 is 3.28 bits per heavy atom. The van der Waals surface area contributed by atoms with Crippen LogP contribution in [0.25, 0.3) is 0 Å². The Bertz CT molecular complexity index is 501. The average Bonchev–Trinajstić information content (AvgIpc) is 3.01. The zero-order chi connectivity index (χ0) is 12.4. The van der Waals surface area contributed by atoms with E-state index in [-0.39, 0.29) is 0 Å². The fraction of sp³-hybridized carbons (Fsp3) is 0.583. The number of nitrogens with zero attached hydrogens (tertiary/aromatic N) is 5. The van der Waals surface area contributed by atoms with Crippen molar-refractivity contribution in [3.8, 4) is 0 Å². The minimum atomic E-state index is 0.436. The van der Waals surface area contributed by atoms with Crippen molar-refractivity contribution < 1.29 is 0 Å². The van der Waals surface area contributed by atoms with Gasteiger partial charge < -0.3 is 5.32 Å². The molecule has 0 saturated carbocycles. The van der Waals surface area contributed by atoms with Gasteiger partial charge in [-0.3, -0.25) is 9.36 Å². The average molecular weight is 246 g/mol. The molecule has 1 aliphatic rings. The van der Waals surface area contributed by atoms with E-state index in [0.29, 0.717) is 6.04 Å². The summed E-state index contributed by atoms with van der Waals surface area (Å²) in [5.41, 5.74) is 2.74. The molecular weight excluding hydrogens is 228 g/mol. The number of rotatable bonds is 4. The van der Waals surface area contributed by atoms with Crippen LogP contribution < -0.4 is 5.32 Å². The first kappa shape index (κ1) is 11.4. The van der Waals surface area contributed by atoms with Gasteiger partial charge in [-0.1, -0.05) is 5.21 Å². The number of hydrogen-bond donors (Lipinski definition) is 1. The van der Waals surface area contributed by atoms with E-state index in [2.05, 4.69) is 20.7 Å². The van der Waals surface area contributed by atoms with Crippen LogP contribution >= 0.6 is 0 Å². The van der Waals surface area contributed by atoms with Crippen molar-refractivity contribution in [2.45, 2.75) is 31.8 Å². The molecule has 1 aliphatic carbocycles. The van der Waals surface area contributed by atoms with Crippen LogP contribution in [-0.4, -0.2) is 31.3 Å². The van der Waals surface area contributed by atoms with Crippen LogP contribution in [0.3, 0.4) is 0 Å². The first-order valence-electron chi connectivity index (χ1n) is 6.43. The lowest BCUT2D eigenvalue weighted by molar-refractivity contribution is 0.429. The van der Waals surface area contributed by atoms with Gasteiger partial charge in [0.25, 0.3) is 0 Å². The number of nitrogens with one attached hydrogen (secondary N) is 1. The van der Waals surface area contributed by atoms with Crippen LogP contribution in [0.2, 0.25) is 0 Å². The normalized spacial score (nSPS) is 18.8. The minimum absolute atomic E-state index is 0.436. The molecule has 2 heterocycles. The second-order valence-corrected chi connectivity index (χ2v) is 4.74. The molecule has 18 heavy (non-hydrogen) atoms. The Balaban J connectivity index is 1.60. The zero-order valence-electron chi connectivity index (χ0n) is 10.6. The lowest BCUT2D eigenvalue weighted by Crippen LogP contribution is -2.28. The second-order valence-electron chi connectivity index (χ2n) is 4.74. The molecule has 0 bridgehead atoms. The lowest BCUT2D eigenvalue weighted by Gasteiger charge is -2.23. The van der Waals surface area contributed by atoms with Crippen molar-refractivity contribution in [3.05, 3.63) is 29.8 Å². The first-order chi connectivity index (χ1) is 8.84. The van der Waals surface area contributed by atoms with Crippen LogP contribution in [0.4, 0.5) is 0 Å². The Labute approximate surface area is 106 Å². The molecule has 0 saturated heterocycles. The highest BCUT2D eigenvalue weighted by Gasteiger charge is 2.22. The molecule has 3 rings (SSSR count). The van der Waals surface area contributed by atoms with E-state index < -0.39 is 0 Å². The Kier molecular flexibility index (Phi) is 3.10. The highest BCUT2D eigenvalue weighted by Crippen LogP contribution is 2.28. The van der Waals surface area contributed by atoms with Gasteiger partial charge in [0, 0.05) is 37.1 Å². The third-order valence-corrected chi connectivity index (χ3v) is 3.58. The maximum Gasteiger partial charge on any atom is 0.0692 e. The number of aromatic nitrogens is 5. The summed E-state index contributed by atoms with van der Waals surface area (Å²) in [6, 6.07) is 0.436. The van der Waals surface area contributed by atoms with E-state index in [1.807, 2.05) is 28.8 Å². The standard InChI is InChI=1S/C12H18N6/c1-17-12-4-2-3-11(10(12)9-15-17)13-5-7-18-8-6-14-16-18/h6,8-9,11,13H,2-5,7H2,1H3. The molecule has 1 atom stereocenters. The van der Waals surface area contributed by atoms with Gasteiger partial charge in [-0.05, 0) is 19.3 Å². The molecule has 0 spiro atoms. The van der Waals surface area contributed by atoms with Gasteiger partial charge in [-0.25, -0.2) is 0 Å². The summed E-state index contributed by atoms with van der Waals surface area (Å²) in [5, 5.41) is 15.7. The number of hydrogen-bond acceptors (Lipinski definition) is 4. The summed E-state index contributed by atoms with van der Waals surface area (Å²) in [5.74, 6) is 0. The molecule has 96 valence electrons. The molecule has 2 aromatic heterocycles. The van der Waals surface area contributed by atoms with Gasteiger partial charge in [0.05, 0.1) is 18.9 Å². The van der Waals surface area contributed by atoms with Gasteiger partial charge in [0.2, 0.25) is 0 Å². The predicted molar refractivity (Wildman–Crippen MR) is 66.9 cm³/mol. The molecular formula is C12H18N6. The molecule has 0 amide bonds. The topological polar surface area (TPSA) is 60.6 Å². The van der Waals surface area contributed by atoms with Gasteiger partial charge in [-0.2, -0.15) is 5.10 Å². The summed E-state index contributed by atoms with van der Waals surface area (Å²) in [4.78, 5) is 0. The molecule has 0 radical (unpaired) electrons. The zero-order valence-corrected chi connectivity index (χ0v) is 10.6. The van der Waals surface area contributed by atoms with Crippen molar-refractivity contribution in [1.29, 1.82) is 0 Å². The summed E-state index contributed by atoms with van der Waals surface area (Å²) in [6.07, 6.45) is 9.16. The van der Waals surface area contributed by atoms with Gasteiger partial charge in [0.1, 0.15) is 0 Å². The second kappa shape index (κ2) is 4.89. The van der Waals surface area contributed by atoms with Crippen LogP contribution in [-0.2, 0) is 20.0 Å². The van der Waals surface area contributed by atoms with E-state index in [9.17, 15) is 0 Å². The van der Waals surface area contributed by atoms with Crippen molar-refractivity contribution in [1.82, 2.24) is 30.1 Å². The molecule has 1 unspecified atom stereocenters. The summed E-state index contributed by atoms with van der Waals surface area (Å²) >= 11 is 0. The summed E-state index contributed by atoms with van der Waals surface area (Å²) in [7, 11) is 2.02. The Hall–Kier alpha value is -1.69. The van der Waals surface area contributed by atoms with Crippen LogP contribution in [0.15, 0.2) is 18.6 Å². The first-order valence-corrected chi connectivity index (χ1v) is 6.43. The third kappa shape index (κ3) is 2.15. The monoisotopic (exact) mass is 246 g/mol. The maximum absolute atomic E-state index is 4.36. The minimum Gasteiger partial charge on any atom is -0.308 e. The highest BCUT2D eigenvalue weighted by molar-refractivity contribution is 5.24. The van der Waals surface area contributed by atoms with Crippen molar-refractivity contribution in [2.24, 2.45) is 7.05 Å². The van der Waals surface area contributed by atoms with Crippen molar-refractivity contribution in [3.63, 3.8) is 0 Å². The summed E-state index contributed by atoms with van der Waals surface area (Å²) < 4.78 is 3.85.